The van der Waals surface area contributed by atoms with Gasteiger partial charge in [0.2, 0.25) is 5.91 Å². The molecule has 0 saturated heterocycles. The quantitative estimate of drug-likeness (QED) is 0.730. The molecular formula is C22H22N2O3. The van der Waals surface area contributed by atoms with Gasteiger partial charge in [0.25, 0.3) is 0 Å². The Kier molecular flexibility index (Phi) is 4.67. The Morgan fingerprint density at radius 3 is 2.93 bits per heavy atom. The Bertz CT molecular complexity index is 977. The Hall–Kier alpha value is -3.08. The first-order chi connectivity index (χ1) is 13.1. The van der Waals surface area contributed by atoms with Gasteiger partial charge in [-0.3, -0.25) is 4.79 Å². The first-order valence-corrected chi connectivity index (χ1v) is 9.25. The highest BCUT2D eigenvalue weighted by atomic mass is 16.5. The molecule has 0 spiro atoms. The largest absolute Gasteiger partial charge is 0.490 e. The average molecular weight is 362 g/mol. The second-order valence-corrected chi connectivity index (χ2v) is 6.87. The minimum absolute atomic E-state index is 0.105. The molecular weight excluding hydrogens is 340 g/mol. The molecule has 2 heterocycles. The third kappa shape index (κ3) is 3.72. The number of rotatable bonds is 5. The van der Waals surface area contributed by atoms with Crippen LogP contribution in [0.1, 0.15) is 30.7 Å². The second-order valence-electron chi connectivity index (χ2n) is 6.87. The van der Waals surface area contributed by atoms with Crippen LogP contribution in [0.2, 0.25) is 0 Å². The number of fused-ring (bicyclic) bond motifs is 1. The number of carbonyl (C=O) groups excluding carboxylic acids is 1. The average Bonchev–Trinajstić information content (AvgIpc) is 3.26. The number of ether oxygens (including phenoxy) is 1. The van der Waals surface area contributed by atoms with Crippen LogP contribution in [0.15, 0.2) is 53.1 Å². The van der Waals surface area contributed by atoms with E-state index in [1.807, 2.05) is 42.5 Å². The van der Waals surface area contributed by atoms with Gasteiger partial charge in [-0.05, 0) is 48.7 Å². The van der Waals surface area contributed by atoms with Gasteiger partial charge in [-0.1, -0.05) is 30.3 Å². The maximum absolute atomic E-state index is 12.4. The number of nitrogens with zero attached hydrogens (tertiary/aromatic N) is 1. The van der Waals surface area contributed by atoms with E-state index in [1.165, 1.54) is 5.56 Å². The molecule has 1 unspecified atom stereocenters. The van der Waals surface area contributed by atoms with Crippen molar-refractivity contribution < 1.29 is 14.1 Å². The molecule has 5 heteroatoms. The number of amides is 1. The zero-order valence-corrected chi connectivity index (χ0v) is 15.5. The molecule has 27 heavy (non-hydrogen) atoms. The predicted molar refractivity (Wildman–Crippen MR) is 104 cm³/mol. The predicted octanol–water partition coefficient (Wildman–Crippen LogP) is 4.41. The molecule has 0 radical (unpaired) electrons. The summed E-state index contributed by atoms with van der Waals surface area (Å²) in [6, 6.07) is 15.6. The van der Waals surface area contributed by atoms with Gasteiger partial charge >= 0.3 is 0 Å². The van der Waals surface area contributed by atoms with Crippen LogP contribution in [-0.2, 0) is 24.1 Å². The van der Waals surface area contributed by atoms with Crippen LogP contribution in [0.3, 0.4) is 0 Å². The van der Waals surface area contributed by atoms with E-state index >= 15 is 0 Å². The summed E-state index contributed by atoms with van der Waals surface area (Å²) in [5.74, 6) is 1.49. The molecule has 0 aliphatic carbocycles. The zero-order valence-electron chi connectivity index (χ0n) is 15.5. The SMILES string of the molecule is CCc1ccccc1NC(=O)Cc1cc(-c2ccc3c(c2)CC(C)O3)on1. The van der Waals surface area contributed by atoms with Crippen LogP contribution in [0.5, 0.6) is 5.75 Å². The van der Waals surface area contributed by atoms with Crippen molar-refractivity contribution >= 4 is 11.6 Å². The van der Waals surface area contributed by atoms with Crippen LogP contribution in [-0.4, -0.2) is 17.2 Å². The summed E-state index contributed by atoms with van der Waals surface area (Å²) >= 11 is 0. The highest BCUT2D eigenvalue weighted by molar-refractivity contribution is 5.92. The number of benzene rings is 2. The molecule has 5 nitrogen and oxygen atoms in total. The number of hydrogen-bond acceptors (Lipinski definition) is 4. The molecule has 4 rings (SSSR count). The van der Waals surface area contributed by atoms with Crippen molar-refractivity contribution in [1.29, 1.82) is 0 Å². The highest BCUT2D eigenvalue weighted by Crippen LogP contribution is 2.33. The first-order valence-electron chi connectivity index (χ1n) is 9.25. The Labute approximate surface area is 158 Å². The fourth-order valence-corrected chi connectivity index (χ4v) is 3.42. The van der Waals surface area contributed by atoms with E-state index in [9.17, 15) is 4.79 Å². The van der Waals surface area contributed by atoms with E-state index < -0.39 is 0 Å². The molecule has 0 bridgehead atoms. The van der Waals surface area contributed by atoms with Gasteiger partial charge in [0.1, 0.15) is 11.9 Å². The van der Waals surface area contributed by atoms with E-state index in [2.05, 4.69) is 30.4 Å². The topological polar surface area (TPSA) is 64.4 Å². The third-order valence-electron chi connectivity index (χ3n) is 4.75. The number of aromatic nitrogens is 1. The van der Waals surface area contributed by atoms with E-state index in [-0.39, 0.29) is 18.4 Å². The molecule has 1 aliphatic rings. The summed E-state index contributed by atoms with van der Waals surface area (Å²) in [6.07, 6.45) is 2.14. The maximum Gasteiger partial charge on any atom is 0.230 e. The lowest BCUT2D eigenvalue weighted by molar-refractivity contribution is -0.115. The number of hydrogen-bond donors (Lipinski definition) is 1. The standard InChI is InChI=1S/C22H22N2O3/c1-3-15-6-4-5-7-19(15)23-22(25)13-18-12-21(27-24-18)16-8-9-20-17(11-16)10-14(2)26-20/h4-9,11-12,14H,3,10,13H2,1-2H3,(H,23,25). The van der Waals surface area contributed by atoms with Crippen LogP contribution in [0, 0.1) is 0 Å². The lowest BCUT2D eigenvalue weighted by Crippen LogP contribution is -2.15. The number of aryl methyl sites for hydroxylation is 1. The molecule has 1 atom stereocenters. The van der Waals surface area contributed by atoms with Gasteiger partial charge in [-0.15, -0.1) is 0 Å². The molecule has 1 amide bonds. The van der Waals surface area contributed by atoms with Crippen LogP contribution >= 0.6 is 0 Å². The monoisotopic (exact) mass is 362 g/mol. The summed E-state index contributed by atoms with van der Waals surface area (Å²) in [6.45, 7) is 4.12. The molecule has 1 N–H and O–H groups in total. The van der Waals surface area contributed by atoms with Gasteiger partial charge in [0, 0.05) is 23.7 Å². The van der Waals surface area contributed by atoms with Crippen molar-refractivity contribution in [2.24, 2.45) is 0 Å². The molecule has 3 aromatic rings. The fourth-order valence-electron chi connectivity index (χ4n) is 3.42. The van der Waals surface area contributed by atoms with Crippen LogP contribution in [0.4, 0.5) is 5.69 Å². The van der Waals surface area contributed by atoms with Gasteiger partial charge in [-0.2, -0.15) is 0 Å². The van der Waals surface area contributed by atoms with Gasteiger partial charge < -0.3 is 14.6 Å². The summed E-state index contributed by atoms with van der Waals surface area (Å²) in [4.78, 5) is 12.4. The van der Waals surface area contributed by atoms with E-state index in [0.29, 0.717) is 11.5 Å². The Balaban J connectivity index is 1.45. The maximum atomic E-state index is 12.4. The molecule has 1 aromatic heterocycles. The van der Waals surface area contributed by atoms with E-state index in [0.717, 1.165) is 35.4 Å². The summed E-state index contributed by atoms with van der Waals surface area (Å²) in [5, 5.41) is 7.02. The number of nitrogens with one attached hydrogen (secondary N) is 1. The third-order valence-corrected chi connectivity index (χ3v) is 4.75. The lowest BCUT2D eigenvalue weighted by Gasteiger charge is -2.08. The van der Waals surface area contributed by atoms with Crippen LogP contribution < -0.4 is 10.1 Å². The van der Waals surface area contributed by atoms with Gasteiger partial charge in [0.15, 0.2) is 5.76 Å². The van der Waals surface area contributed by atoms with Crippen molar-refractivity contribution in [3.05, 3.63) is 65.4 Å². The van der Waals surface area contributed by atoms with Crippen LogP contribution in [0.25, 0.3) is 11.3 Å². The van der Waals surface area contributed by atoms with Crippen molar-refractivity contribution in [2.75, 3.05) is 5.32 Å². The zero-order chi connectivity index (χ0) is 18.8. The van der Waals surface area contributed by atoms with Crippen molar-refractivity contribution in [1.82, 2.24) is 5.16 Å². The molecule has 138 valence electrons. The molecule has 1 aliphatic heterocycles. The minimum atomic E-state index is -0.105. The Morgan fingerprint density at radius 2 is 2.07 bits per heavy atom. The fraction of sp³-hybridized carbons (Fsp3) is 0.273. The number of anilines is 1. The van der Waals surface area contributed by atoms with Crippen molar-refractivity contribution in [3.63, 3.8) is 0 Å². The normalized spacial score (nSPS) is 15.3. The summed E-state index contributed by atoms with van der Waals surface area (Å²) in [5.41, 5.74) is 4.69. The number of carbonyl (C=O) groups is 1. The molecule has 2 aromatic carbocycles. The van der Waals surface area contributed by atoms with E-state index in [4.69, 9.17) is 9.26 Å². The van der Waals surface area contributed by atoms with Gasteiger partial charge in [0.05, 0.1) is 12.1 Å². The summed E-state index contributed by atoms with van der Waals surface area (Å²) < 4.78 is 11.2. The lowest BCUT2D eigenvalue weighted by atomic mass is 10.1. The first kappa shape index (κ1) is 17.3. The van der Waals surface area contributed by atoms with Crippen molar-refractivity contribution in [3.8, 4) is 17.1 Å². The molecule has 0 fully saturated rings. The highest BCUT2D eigenvalue weighted by Gasteiger charge is 2.20. The molecule has 0 saturated carbocycles. The Morgan fingerprint density at radius 1 is 1.22 bits per heavy atom. The minimum Gasteiger partial charge on any atom is -0.490 e. The smallest absolute Gasteiger partial charge is 0.230 e. The van der Waals surface area contributed by atoms with E-state index in [1.54, 1.807) is 0 Å². The van der Waals surface area contributed by atoms with Crippen molar-refractivity contribution in [2.45, 2.75) is 39.2 Å². The second kappa shape index (κ2) is 7.27. The number of para-hydroxylation sites is 1. The summed E-state index contributed by atoms with van der Waals surface area (Å²) in [7, 11) is 0. The van der Waals surface area contributed by atoms with Gasteiger partial charge in [-0.25, -0.2) is 0 Å².